The molecule has 0 amide bonds. The van der Waals surface area contributed by atoms with E-state index in [9.17, 15) is 9.59 Å². The molecule has 2 aromatic heterocycles. The number of rotatable bonds is 3. The Hall–Kier alpha value is -2.69. The highest BCUT2D eigenvalue weighted by Gasteiger charge is 2.09. The van der Waals surface area contributed by atoms with Crippen LogP contribution in [-0.2, 0) is 6.54 Å². The molecule has 1 aromatic carbocycles. The Morgan fingerprint density at radius 3 is 2.68 bits per heavy atom. The second-order valence-electron chi connectivity index (χ2n) is 4.18. The molecule has 0 fully saturated rings. The predicted molar refractivity (Wildman–Crippen MR) is 70.2 cm³/mol. The number of ketones is 1. The zero-order chi connectivity index (χ0) is 13.2. The number of nitrogens with zero attached hydrogens (tertiary/aromatic N) is 3. The smallest absolute Gasteiger partial charge is 0.276 e. The molecule has 0 saturated heterocycles. The van der Waals surface area contributed by atoms with Crippen molar-refractivity contribution in [2.75, 3.05) is 0 Å². The third-order valence-electron chi connectivity index (χ3n) is 2.95. The van der Waals surface area contributed by atoms with Gasteiger partial charge in [-0.2, -0.15) is 5.10 Å². The third-order valence-corrected chi connectivity index (χ3v) is 2.95. The van der Waals surface area contributed by atoms with Gasteiger partial charge in [0.2, 0.25) is 0 Å². The van der Waals surface area contributed by atoms with Gasteiger partial charge in [-0.15, -0.1) is 0 Å². The number of benzene rings is 1. The number of Topliss-reactive ketones (excluding diaryl/α,β-unsaturated/α-hetero) is 1. The molecule has 0 unspecified atom stereocenters. The highest BCUT2D eigenvalue weighted by atomic mass is 16.1. The van der Waals surface area contributed by atoms with Crippen LogP contribution in [0.1, 0.15) is 10.4 Å². The maximum absolute atomic E-state index is 12.1. The summed E-state index contributed by atoms with van der Waals surface area (Å²) in [5, 5.41) is 3.98. The van der Waals surface area contributed by atoms with Crippen molar-refractivity contribution in [3.8, 4) is 0 Å². The zero-order valence-electron chi connectivity index (χ0n) is 10.1. The van der Waals surface area contributed by atoms with E-state index < -0.39 is 0 Å². The fourth-order valence-electron chi connectivity index (χ4n) is 1.96. The lowest BCUT2D eigenvalue weighted by atomic mass is 10.1. The van der Waals surface area contributed by atoms with Gasteiger partial charge in [0.25, 0.3) is 5.56 Å². The summed E-state index contributed by atoms with van der Waals surface area (Å²) in [5.41, 5.74) is 0.843. The molecule has 3 rings (SSSR count). The van der Waals surface area contributed by atoms with Gasteiger partial charge in [0, 0.05) is 18.0 Å². The molecule has 0 aliphatic carbocycles. The number of carbonyl (C=O) groups is 1. The highest BCUT2D eigenvalue weighted by Crippen LogP contribution is 2.02. The molecule has 0 radical (unpaired) electrons. The van der Waals surface area contributed by atoms with Gasteiger partial charge in [0.1, 0.15) is 5.52 Å². The van der Waals surface area contributed by atoms with Crippen LogP contribution in [0.2, 0.25) is 0 Å². The number of carbonyl (C=O) groups excluding carboxylic acids is 1. The van der Waals surface area contributed by atoms with Gasteiger partial charge in [-0.25, -0.2) is 4.52 Å². The fraction of sp³-hybridized carbons (Fsp3) is 0.0714. The first-order valence-corrected chi connectivity index (χ1v) is 5.87. The fourth-order valence-corrected chi connectivity index (χ4v) is 1.96. The minimum absolute atomic E-state index is 0.0323. The molecule has 94 valence electrons. The lowest BCUT2D eigenvalue weighted by molar-refractivity contribution is 0.0971. The summed E-state index contributed by atoms with van der Waals surface area (Å²) in [6.45, 7) is 0.0323. The van der Waals surface area contributed by atoms with Crippen LogP contribution in [0.25, 0.3) is 5.52 Å². The van der Waals surface area contributed by atoms with Crippen molar-refractivity contribution in [1.29, 1.82) is 0 Å². The summed E-state index contributed by atoms with van der Waals surface area (Å²) in [5.74, 6) is -0.0911. The number of aromatic nitrogens is 3. The van der Waals surface area contributed by atoms with E-state index in [1.165, 1.54) is 9.08 Å². The van der Waals surface area contributed by atoms with Gasteiger partial charge >= 0.3 is 0 Å². The third kappa shape index (κ3) is 2.06. The van der Waals surface area contributed by atoms with Crippen molar-refractivity contribution in [2.45, 2.75) is 6.54 Å². The Balaban J connectivity index is 1.96. The van der Waals surface area contributed by atoms with Crippen molar-refractivity contribution in [3.05, 3.63) is 70.9 Å². The Bertz CT molecular complexity index is 787. The summed E-state index contributed by atoms with van der Waals surface area (Å²) >= 11 is 0. The van der Waals surface area contributed by atoms with Crippen molar-refractivity contribution >= 4 is 11.3 Å². The topological polar surface area (TPSA) is 56.4 Å². The van der Waals surface area contributed by atoms with Crippen molar-refractivity contribution in [3.63, 3.8) is 0 Å². The van der Waals surface area contributed by atoms with Gasteiger partial charge in [-0.3, -0.25) is 9.59 Å². The second kappa shape index (κ2) is 4.53. The summed E-state index contributed by atoms with van der Waals surface area (Å²) in [6, 6.07) is 10.6. The maximum Gasteiger partial charge on any atom is 0.276 e. The Morgan fingerprint density at radius 2 is 1.89 bits per heavy atom. The molecule has 5 heteroatoms. The first-order chi connectivity index (χ1) is 9.25. The Morgan fingerprint density at radius 1 is 1.11 bits per heavy atom. The largest absolute Gasteiger partial charge is 0.304 e. The van der Waals surface area contributed by atoms with Crippen molar-refractivity contribution < 1.29 is 4.79 Å². The first kappa shape index (κ1) is 11.4. The Labute approximate surface area is 108 Å². The predicted octanol–water partition coefficient (Wildman–Crippen LogP) is 1.38. The molecule has 0 atom stereocenters. The van der Waals surface area contributed by atoms with Crippen LogP contribution in [0.15, 0.2) is 59.8 Å². The van der Waals surface area contributed by atoms with E-state index in [4.69, 9.17) is 0 Å². The van der Waals surface area contributed by atoms with E-state index in [-0.39, 0.29) is 17.9 Å². The summed E-state index contributed by atoms with van der Waals surface area (Å²) in [4.78, 5) is 24.2. The zero-order valence-corrected chi connectivity index (χ0v) is 10.1. The van der Waals surface area contributed by atoms with E-state index >= 15 is 0 Å². The SMILES string of the molecule is O=C(Cn1ccn2nccc2c1=O)c1ccccc1. The van der Waals surface area contributed by atoms with Crippen LogP contribution in [0.5, 0.6) is 0 Å². The van der Waals surface area contributed by atoms with Crippen LogP contribution >= 0.6 is 0 Å². The standard InChI is InChI=1S/C14H11N3O2/c18-13(11-4-2-1-3-5-11)10-16-8-9-17-12(14(16)19)6-7-15-17/h1-9H,10H2. The molecule has 0 spiro atoms. The average Bonchev–Trinajstić information content (AvgIpc) is 2.92. The van der Waals surface area contributed by atoms with E-state index in [0.29, 0.717) is 11.1 Å². The molecule has 2 heterocycles. The van der Waals surface area contributed by atoms with E-state index in [1.54, 1.807) is 48.9 Å². The normalized spacial score (nSPS) is 10.7. The van der Waals surface area contributed by atoms with Crippen molar-refractivity contribution in [1.82, 2.24) is 14.2 Å². The monoisotopic (exact) mass is 253 g/mol. The molecule has 5 nitrogen and oxygen atoms in total. The number of hydrogen-bond donors (Lipinski definition) is 0. The van der Waals surface area contributed by atoms with Gasteiger partial charge < -0.3 is 4.57 Å². The van der Waals surface area contributed by atoms with Gasteiger partial charge in [0.05, 0.1) is 12.7 Å². The van der Waals surface area contributed by atoms with Crippen LogP contribution < -0.4 is 5.56 Å². The quantitative estimate of drug-likeness (QED) is 0.662. The lowest BCUT2D eigenvalue weighted by Crippen LogP contribution is -2.25. The first-order valence-electron chi connectivity index (χ1n) is 5.87. The summed E-state index contributed by atoms with van der Waals surface area (Å²) in [6.07, 6.45) is 4.79. The van der Waals surface area contributed by atoms with E-state index in [2.05, 4.69) is 5.10 Å². The highest BCUT2D eigenvalue weighted by molar-refractivity contribution is 5.95. The van der Waals surface area contributed by atoms with Gasteiger partial charge in [-0.1, -0.05) is 30.3 Å². The molecular formula is C14H11N3O2. The molecule has 0 aliphatic rings. The summed E-state index contributed by atoms with van der Waals surface area (Å²) < 4.78 is 2.89. The molecular weight excluding hydrogens is 242 g/mol. The van der Waals surface area contributed by atoms with Gasteiger partial charge in [-0.05, 0) is 6.07 Å². The van der Waals surface area contributed by atoms with Gasteiger partial charge in [0.15, 0.2) is 5.78 Å². The van der Waals surface area contributed by atoms with E-state index in [0.717, 1.165) is 0 Å². The Kier molecular flexibility index (Phi) is 2.72. The molecule has 0 aliphatic heterocycles. The van der Waals surface area contributed by atoms with Crippen LogP contribution in [0.3, 0.4) is 0 Å². The number of hydrogen-bond acceptors (Lipinski definition) is 3. The average molecular weight is 253 g/mol. The molecule has 0 saturated carbocycles. The lowest BCUT2D eigenvalue weighted by Gasteiger charge is -2.05. The van der Waals surface area contributed by atoms with Crippen LogP contribution in [-0.4, -0.2) is 20.0 Å². The summed E-state index contributed by atoms with van der Waals surface area (Å²) in [7, 11) is 0. The van der Waals surface area contributed by atoms with E-state index in [1.807, 2.05) is 6.07 Å². The number of fused-ring (bicyclic) bond motifs is 1. The molecule has 19 heavy (non-hydrogen) atoms. The minimum Gasteiger partial charge on any atom is -0.304 e. The second-order valence-corrected chi connectivity index (χ2v) is 4.18. The van der Waals surface area contributed by atoms with Crippen molar-refractivity contribution in [2.24, 2.45) is 0 Å². The molecule has 0 N–H and O–H groups in total. The molecule has 0 bridgehead atoms. The van der Waals surface area contributed by atoms with Crippen LogP contribution in [0.4, 0.5) is 0 Å². The minimum atomic E-state index is -0.218. The molecule has 3 aromatic rings. The maximum atomic E-state index is 12.1. The van der Waals surface area contributed by atoms with Crippen LogP contribution in [0, 0.1) is 0 Å².